The van der Waals surface area contributed by atoms with E-state index in [1.165, 1.54) is 0 Å². The number of para-hydroxylation sites is 1. The summed E-state index contributed by atoms with van der Waals surface area (Å²) in [5.74, 6) is 0.908. The molecule has 0 aliphatic heterocycles. The van der Waals surface area contributed by atoms with Gasteiger partial charge in [0.2, 0.25) is 0 Å². The van der Waals surface area contributed by atoms with Gasteiger partial charge in [0.15, 0.2) is 0 Å². The van der Waals surface area contributed by atoms with E-state index >= 15 is 0 Å². The van der Waals surface area contributed by atoms with Crippen molar-refractivity contribution in [1.29, 1.82) is 0 Å². The van der Waals surface area contributed by atoms with Crippen LogP contribution in [0, 0.1) is 0 Å². The molecule has 21 heavy (non-hydrogen) atoms. The lowest BCUT2D eigenvalue weighted by Gasteiger charge is -2.20. The highest BCUT2D eigenvalue weighted by Gasteiger charge is 2.13. The van der Waals surface area contributed by atoms with Crippen LogP contribution in [-0.4, -0.2) is 13.2 Å². The minimum atomic E-state index is 0.224. The Kier molecular flexibility index (Phi) is 6.58. The predicted molar refractivity (Wildman–Crippen MR) is 89.0 cm³/mol. The summed E-state index contributed by atoms with van der Waals surface area (Å²) in [6, 6.07) is 18.1. The number of hydrogen-bond donors (Lipinski definition) is 1. The molecular formula is C18H22ClNO. The molecule has 0 aliphatic carbocycles. The summed E-state index contributed by atoms with van der Waals surface area (Å²) in [6.07, 6.45) is 1.99. The maximum absolute atomic E-state index is 6.31. The Bertz CT molecular complexity index is 530. The molecule has 2 aromatic rings. The minimum absolute atomic E-state index is 0.224. The van der Waals surface area contributed by atoms with Gasteiger partial charge in [-0.05, 0) is 36.7 Å². The monoisotopic (exact) mass is 303 g/mol. The van der Waals surface area contributed by atoms with E-state index in [9.17, 15) is 0 Å². The van der Waals surface area contributed by atoms with Crippen LogP contribution in [0.1, 0.15) is 31.4 Å². The Hall–Kier alpha value is -1.51. The molecule has 0 amide bonds. The lowest BCUT2D eigenvalue weighted by molar-refractivity contribution is 0.286. The van der Waals surface area contributed by atoms with Gasteiger partial charge in [0.05, 0.1) is 6.61 Å². The van der Waals surface area contributed by atoms with Gasteiger partial charge in [0.25, 0.3) is 0 Å². The van der Waals surface area contributed by atoms with Gasteiger partial charge in [-0.1, -0.05) is 54.9 Å². The van der Waals surface area contributed by atoms with Crippen LogP contribution >= 0.6 is 11.6 Å². The van der Waals surface area contributed by atoms with E-state index in [1.54, 1.807) is 0 Å². The van der Waals surface area contributed by atoms with Gasteiger partial charge in [0, 0.05) is 17.5 Å². The van der Waals surface area contributed by atoms with Crippen molar-refractivity contribution in [3.63, 3.8) is 0 Å². The van der Waals surface area contributed by atoms with Gasteiger partial charge in [-0.15, -0.1) is 0 Å². The van der Waals surface area contributed by atoms with Crippen molar-refractivity contribution < 1.29 is 4.74 Å². The van der Waals surface area contributed by atoms with E-state index in [0.29, 0.717) is 6.61 Å². The van der Waals surface area contributed by atoms with Crippen LogP contribution in [0.25, 0.3) is 0 Å². The fourth-order valence-electron chi connectivity index (χ4n) is 2.26. The van der Waals surface area contributed by atoms with Crippen LogP contribution in [0.2, 0.25) is 5.02 Å². The average molecular weight is 304 g/mol. The van der Waals surface area contributed by atoms with Crippen molar-refractivity contribution in [2.24, 2.45) is 0 Å². The largest absolute Gasteiger partial charge is 0.494 e. The summed E-state index contributed by atoms with van der Waals surface area (Å²) in [4.78, 5) is 0. The number of benzene rings is 2. The summed E-state index contributed by atoms with van der Waals surface area (Å²) < 4.78 is 5.79. The van der Waals surface area contributed by atoms with E-state index in [-0.39, 0.29) is 6.04 Å². The zero-order chi connectivity index (χ0) is 14.9. The van der Waals surface area contributed by atoms with Gasteiger partial charge >= 0.3 is 0 Å². The molecule has 0 saturated heterocycles. The Balaban J connectivity index is 1.95. The first kappa shape index (κ1) is 15.9. The second-order valence-electron chi connectivity index (χ2n) is 4.98. The number of ether oxygens (including phenoxy) is 1. The van der Waals surface area contributed by atoms with Crippen molar-refractivity contribution in [2.75, 3.05) is 13.2 Å². The molecule has 0 bridgehead atoms. The van der Waals surface area contributed by atoms with Crippen molar-refractivity contribution >= 4 is 11.6 Å². The highest BCUT2D eigenvalue weighted by atomic mass is 35.5. The second-order valence-corrected chi connectivity index (χ2v) is 5.39. The van der Waals surface area contributed by atoms with Gasteiger partial charge < -0.3 is 10.1 Å². The third kappa shape index (κ3) is 5.07. The van der Waals surface area contributed by atoms with E-state index in [2.05, 4.69) is 18.3 Å². The molecule has 0 spiro atoms. The van der Waals surface area contributed by atoms with Gasteiger partial charge in [-0.3, -0.25) is 0 Å². The Morgan fingerprint density at radius 3 is 2.48 bits per heavy atom. The van der Waals surface area contributed by atoms with Crippen molar-refractivity contribution in [3.05, 3.63) is 65.2 Å². The summed E-state index contributed by atoms with van der Waals surface area (Å²) in [7, 11) is 0. The first-order chi connectivity index (χ1) is 10.3. The number of halogens is 1. The van der Waals surface area contributed by atoms with Crippen LogP contribution in [0.4, 0.5) is 0 Å². The van der Waals surface area contributed by atoms with Crippen LogP contribution < -0.4 is 10.1 Å². The molecule has 0 fully saturated rings. The quantitative estimate of drug-likeness (QED) is 0.752. The highest BCUT2D eigenvalue weighted by molar-refractivity contribution is 6.31. The molecule has 2 aromatic carbocycles. The summed E-state index contributed by atoms with van der Waals surface area (Å²) in [5, 5.41) is 4.36. The summed E-state index contributed by atoms with van der Waals surface area (Å²) in [5.41, 5.74) is 1.14. The average Bonchev–Trinajstić information content (AvgIpc) is 2.52. The van der Waals surface area contributed by atoms with Crippen LogP contribution in [0.15, 0.2) is 54.6 Å². The third-order valence-corrected chi connectivity index (χ3v) is 3.68. The number of rotatable bonds is 8. The molecule has 0 saturated carbocycles. The summed E-state index contributed by atoms with van der Waals surface area (Å²) >= 11 is 6.31. The first-order valence-corrected chi connectivity index (χ1v) is 7.84. The lowest BCUT2D eigenvalue weighted by atomic mass is 10.0. The molecule has 3 heteroatoms. The smallest absolute Gasteiger partial charge is 0.119 e. The third-order valence-electron chi connectivity index (χ3n) is 3.34. The zero-order valence-electron chi connectivity index (χ0n) is 12.4. The fraction of sp³-hybridized carbons (Fsp3) is 0.333. The topological polar surface area (TPSA) is 21.3 Å². The molecule has 1 atom stereocenters. The molecule has 0 radical (unpaired) electrons. The van der Waals surface area contributed by atoms with Crippen molar-refractivity contribution in [3.8, 4) is 5.75 Å². The van der Waals surface area contributed by atoms with Gasteiger partial charge in [-0.2, -0.15) is 0 Å². The molecule has 112 valence electrons. The van der Waals surface area contributed by atoms with Crippen LogP contribution in [0.5, 0.6) is 5.75 Å². The summed E-state index contributed by atoms with van der Waals surface area (Å²) in [6.45, 7) is 3.80. The molecule has 0 aromatic heterocycles. The van der Waals surface area contributed by atoms with E-state index in [1.807, 2.05) is 48.5 Å². The fourth-order valence-corrected chi connectivity index (χ4v) is 2.52. The number of hydrogen-bond acceptors (Lipinski definition) is 2. The normalized spacial score (nSPS) is 12.1. The zero-order valence-corrected chi connectivity index (χ0v) is 13.1. The highest BCUT2D eigenvalue weighted by Crippen LogP contribution is 2.25. The SMILES string of the molecule is CCCNC(CCOc1ccccc1)c1ccccc1Cl. The van der Waals surface area contributed by atoms with E-state index in [0.717, 1.165) is 35.7 Å². The van der Waals surface area contributed by atoms with E-state index < -0.39 is 0 Å². The van der Waals surface area contributed by atoms with Crippen LogP contribution in [0.3, 0.4) is 0 Å². The standard InChI is InChI=1S/C18H22ClNO/c1-2-13-20-18(16-10-6-7-11-17(16)19)12-14-21-15-8-4-3-5-9-15/h3-11,18,20H,2,12-14H2,1H3. The van der Waals surface area contributed by atoms with E-state index in [4.69, 9.17) is 16.3 Å². The van der Waals surface area contributed by atoms with Crippen LogP contribution in [-0.2, 0) is 0 Å². The number of nitrogens with one attached hydrogen (secondary N) is 1. The van der Waals surface area contributed by atoms with Crippen molar-refractivity contribution in [2.45, 2.75) is 25.8 Å². The lowest BCUT2D eigenvalue weighted by Crippen LogP contribution is -2.24. The molecule has 1 N–H and O–H groups in total. The van der Waals surface area contributed by atoms with Gasteiger partial charge in [0.1, 0.15) is 5.75 Å². The first-order valence-electron chi connectivity index (χ1n) is 7.47. The predicted octanol–water partition coefficient (Wildman–Crippen LogP) is 4.85. The Morgan fingerprint density at radius 1 is 1.05 bits per heavy atom. The maximum atomic E-state index is 6.31. The molecular weight excluding hydrogens is 282 g/mol. The molecule has 0 heterocycles. The maximum Gasteiger partial charge on any atom is 0.119 e. The van der Waals surface area contributed by atoms with Crippen molar-refractivity contribution in [1.82, 2.24) is 5.32 Å². The molecule has 0 aliphatic rings. The molecule has 2 nitrogen and oxygen atoms in total. The minimum Gasteiger partial charge on any atom is -0.494 e. The molecule has 2 rings (SSSR count). The molecule has 1 unspecified atom stereocenters. The Labute approximate surface area is 132 Å². The second kappa shape index (κ2) is 8.71. The van der Waals surface area contributed by atoms with Gasteiger partial charge in [-0.25, -0.2) is 0 Å². The Morgan fingerprint density at radius 2 is 1.76 bits per heavy atom.